The first-order valence-electron chi connectivity index (χ1n) is 18.1. The summed E-state index contributed by atoms with van der Waals surface area (Å²) in [7, 11) is 4.25. The van der Waals surface area contributed by atoms with Crippen LogP contribution in [0.1, 0.15) is 47.3 Å². The summed E-state index contributed by atoms with van der Waals surface area (Å²) in [5, 5.41) is 6.78. The van der Waals surface area contributed by atoms with Crippen molar-refractivity contribution in [2.45, 2.75) is 40.5 Å². The Hall–Kier alpha value is -4.22. The largest absolute Gasteiger partial charge is 0.436 e. The Morgan fingerprint density at radius 3 is 2.29 bits per heavy atom. The summed E-state index contributed by atoms with van der Waals surface area (Å²) in [4.78, 5) is 32.5. The number of anilines is 4. The van der Waals surface area contributed by atoms with Crippen molar-refractivity contribution in [3.05, 3.63) is 94.1 Å². The van der Waals surface area contributed by atoms with Gasteiger partial charge in [0.15, 0.2) is 0 Å². The first kappa shape index (κ1) is 38.0. The van der Waals surface area contributed by atoms with E-state index in [2.05, 4.69) is 80.3 Å². The Bertz CT molecular complexity index is 1720. The van der Waals surface area contributed by atoms with Gasteiger partial charge in [-0.15, -0.1) is 0 Å². The summed E-state index contributed by atoms with van der Waals surface area (Å²) >= 11 is 6.75. The van der Waals surface area contributed by atoms with Gasteiger partial charge in [0.05, 0.1) is 5.02 Å². The maximum Gasteiger partial charge on any atom is 0.262 e. The van der Waals surface area contributed by atoms with Crippen molar-refractivity contribution in [1.82, 2.24) is 24.7 Å². The fourth-order valence-corrected chi connectivity index (χ4v) is 6.53. The number of benzene rings is 3. The summed E-state index contributed by atoms with van der Waals surface area (Å²) in [5.74, 6) is 0.452. The van der Waals surface area contributed by atoms with Crippen LogP contribution in [0.15, 0.2) is 66.9 Å². The Balaban J connectivity index is 1.31. The van der Waals surface area contributed by atoms with Crippen molar-refractivity contribution < 1.29 is 9.53 Å². The second-order valence-corrected chi connectivity index (χ2v) is 13.8. The van der Waals surface area contributed by atoms with Crippen molar-refractivity contribution in [2.24, 2.45) is 0 Å². The molecule has 0 atom stereocenters. The molecule has 0 unspecified atom stereocenters. The number of aryl methyl sites for hydroxylation is 2. The first-order valence-corrected chi connectivity index (χ1v) is 18.4. The first-order chi connectivity index (χ1) is 24.6. The number of para-hydroxylation sites is 1. The van der Waals surface area contributed by atoms with Gasteiger partial charge in [-0.05, 0) is 120 Å². The predicted molar refractivity (Wildman–Crippen MR) is 210 cm³/mol. The second-order valence-electron chi connectivity index (χ2n) is 13.4. The zero-order valence-electron chi connectivity index (χ0n) is 31.0. The van der Waals surface area contributed by atoms with E-state index in [9.17, 15) is 4.79 Å². The predicted octanol–water partition coefficient (Wildman–Crippen LogP) is 7.49. The number of amides is 1. The van der Waals surface area contributed by atoms with E-state index in [1.807, 2.05) is 62.4 Å². The zero-order chi connectivity index (χ0) is 36.3. The van der Waals surface area contributed by atoms with Gasteiger partial charge in [0.1, 0.15) is 11.3 Å². The molecule has 2 N–H and O–H groups in total. The maximum absolute atomic E-state index is 13.7. The summed E-state index contributed by atoms with van der Waals surface area (Å²) in [6.07, 6.45) is 3.56. The molecule has 10 nitrogen and oxygen atoms in total. The van der Waals surface area contributed by atoms with E-state index < -0.39 is 0 Å². The molecule has 0 aliphatic carbocycles. The number of nitrogens with zero attached hydrogens (tertiary/aromatic N) is 6. The van der Waals surface area contributed by atoms with Gasteiger partial charge in [0, 0.05) is 56.0 Å². The van der Waals surface area contributed by atoms with Crippen LogP contribution in [0.2, 0.25) is 5.02 Å². The molecule has 0 spiro atoms. The number of halogens is 1. The van der Waals surface area contributed by atoms with Crippen LogP contribution in [0.5, 0.6) is 11.6 Å². The lowest BCUT2D eigenvalue weighted by atomic mass is 10.1. The lowest BCUT2D eigenvalue weighted by molar-refractivity contribution is 0.102. The topological polar surface area (TPSA) is 89.1 Å². The number of ether oxygens (including phenoxy) is 1. The van der Waals surface area contributed by atoms with E-state index >= 15 is 0 Å². The van der Waals surface area contributed by atoms with E-state index in [0.717, 1.165) is 93.4 Å². The summed E-state index contributed by atoms with van der Waals surface area (Å²) < 4.78 is 6.30. The van der Waals surface area contributed by atoms with Crippen LogP contribution in [0.25, 0.3) is 0 Å². The monoisotopic (exact) mass is 712 g/mol. The average Bonchev–Trinajstić information content (AvgIpc) is 3.12. The molecule has 2 heterocycles. The third kappa shape index (κ3) is 10.6. The quantitative estimate of drug-likeness (QED) is 0.123. The highest BCUT2D eigenvalue weighted by Crippen LogP contribution is 2.33. The molecule has 1 saturated heterocycles. The van der Waals surface area contributed by atoms with Crippen molar-refractivity contribution >= 4 is 40.5 Å². The Morgan fingerprint density at radius 2 is 1.65 bits per heavy atom. The molecular formula is C40H53ClN8O2. The number of carbonyl (C=O) groups is 1. The summed E-state index contributed by atoms with van der Waals surface area (Å²) in [6.45, 7) is 17.6. The number of aromatic nitrogens is 2. The highest BCUT2D eigenvalue weighted by molar-refractivity contribution is 6.32. The smallest absolute Gasteiger partial charge is 0.262 e. The fourth-order valence-electron chi connectivity index (χ4n) is 6.29. The van der Waals surface area contributed by atoms with Gasteiger partial charge in [0.25, 0.3) is 5.91 Å². The number of nitrogens with one attached hydrogen (secondary N) is 2. The molecule has 1 fully saturated rings. The maximum atomic E-state index is 13.7. The lowest BCUT2D eigenvalue weighted by Gasteiger charge is -2.36. The molecule has 3 aromatic carbocycles. The fraction of sp³-hybridized carbons (Fsp3) is 0.425. The van der Waals surface area contributed by atoms with Gasteiger partial charge in [-0.25, -0.2) is 4.98 Å². The van der Waals surface area contributed by atoms with Gasteiger partial charge < -0.3 is 30.1 Å². The zero-order valence-corrected chi connectivity index (χ0v) is 31.8. The number of likely N-dealkylation sites (N-methyl/N-ethyl adjacent to an activating group) is 1. The molecule has 1 aromatic heterocycles. The third-order valence-electron chi connectivity index (χ3n) is 9.47. The Morgan fingerprint density at radius 1 is 0.941 bits per heavy atom. The van der Waals surface area contributed by atoms with Gasteiger partial charge in [-0.1, -0.05) is 49.7 Å². The van der Waals surface area contributed by atoms with Crippen LogP contribution < -0.4 is 20.3 Å². The number of hydrogen-bond donors (Lipinski definition) is 2. The highest BCUT2D eigenvalue weighted by atomic mass is 35.5. The summed E-state index contributed by atoms with van der Waals surface area (Å²) in [5.41, 5.74) is 5.99. The van der Waals surface area contributed by atoms with Crippen molar-refractivity contribution in [1.29, 1.82) is 0 Å². The number of hydrogen-bond acceptors (Lipinski definition) is 9. The van der Waals surface area contributed by atoms with Gasteiger partial charge in [0.2, 0.25) is 11.8 Å². The van der Waals surface area contributed by atoms with Gasteiger partial charge in [-0.2, -0.15) is 4.98 Å². The molecule has 0 radical (unpaired) electrons. The minimum Gasteiger partial charge on any atom is -0.436 e. The second kappa shape index (κ2) is 18.3. The Labute approximate surface area is 308 Å². The number of piperazine rings is 1. The molecular weight excluding hydrogens is 660 g/mol. The molecule has 1 aliphatic rings. The van der Waals surface area contributed by atoms with E-state index in [0.29, 0.717) is 16.7 Å². The minimum absolute atomic E-state index is 0.106. The van der Waals surface area contributed by atoms with Crippen LogP contribution >= 0.6 is 11.6 Å². The molecule has 272 valence electrons. The highest BCUT2D eigenvalue weighted by Gasteiger charge is 2.21. The van der Waals surface area contributed by atoms with Crippen LogP contribution in [-0.2, 0) is 6.42 Å². The van der Waals surface area contributed by atoms with E-state index in [1.165, 1.54) is 18.3 Å². The van der Waals surface area contributed by atoms with Crippen LogP contribution in [0, 0.1) is 13.8 Å². The van der Waals surface area contributed by atoms with E-state index in [-0.39, 0.29) is 17.4 Å². The molecule has 1 amide bonds. The van der Waals surface area contributed by atoms with Crippen molar-refractivity contribution in [2.75, 3.05) is 88.5 Å². The average molecular weight is 713 g/mol. The van der Waals surface area contributed by atoms with Crippen LogP contribution in [0.3, 0.4) is 0 Å². The molecule has 1 aliphatic heterocycles. The molecule has 4 aromatic rings. The van der Waals surface area contributed by atoms with Crippen molar-refractivity contribution in [3.63, 3.8) is 0 Å². The van der Waals surface area contributed by atoms with Gasteiger partial charge in [-0.3, -0.25) is 9.69 Å². The molecule has 0 bridgehead atoms. The lowest BCUT2D eigenvalue weighted by Crippen LogP contribution is -2.46. The summed E-state index contributed by atoms with van der Waals surface area (Å²) in [6, 6.07) is 19.9. The SMILES string of the molecule is CCN(CC)CCc1ccc(Oc2nc(Nc3ccc(N4CCN(CCCN(C)C)CC4)cc3)ncc2C(=O)Nc2c(C)cccc2C)c(Cl)c1. The van der Waals surface area contributed by atoms with Crippen LogP contribution in [0.4, 0.5) is 23.0 Å². The molecule has 0 saturated carbocycles. The molecule has 5 rings (SSSR count). The normalized spacial score (nSPS) is 13.5. The van der Waals surface area contributed by atoms with Crippen molar-refractivity contribution in [3.8, 4) is 11.6 Å². The molecule has 51 heavy (non-hydrogen) atoms. The van der Waals surface area contributed by atoms with E-state index in [4.69, 9.17) is 16.3 Å². The van der Waals surface area contributed by atoms with Crippen LogP contribution in [-0.4, -0.2) is 104 Å². The van der Waals surface area contributed by atoms with E-state index in [1.54, 1.807) is 0 Å². The Kier molecular flexibility index (Phi) is 13.7. The standard InChI is InChI=1S/C40H53ClN8O2/c1-7-47(8-2)22-19-31-13-18-36(35(41)27-31)51-39-34(38(50)44-37-29(3)11-9-12-30(37)4)28-42-40(45-39)43-32-14-16-33(17-15-32)49-25-23-48(24-26-49)21-10-20-46(5)6/h9,11-18,27-28H,7-8,10,19-26H2,1-6H3,(H,44,50)(H,42,43,45). The number of rotatable bonds is 16. The third-order valence-corrected chi connectivity index (χ3v) is 9.77. The minimum atomic E-state index is -0.372. The molecule has 11 heteroatoms. The van der Waals surface area contributed by atoms with Gasteiger partial charge >= 0.3 is 0 Å². The number of carbonyl (C=O) groups excluding carboxylic acids is 1.